The molecule has 0 radical (unpaired) electrons. The molecule has 1 amide bonds. The Morgan fingerprint density at radius 1 is 1.33 bits per heavy atom. The van der Waals surface area contributed by atoms with Crippen LogP contribution < -0.4 is 0 Å². The van der Waals surface area contributed by atoms with Crippen molar-refractivity contribution in [2.24, 2.45) is 5.92 Å². The molecule has 2 rings (SSSR count). The zero-order chi connectivity index (χ0) is 22.4. The van der Waals surface area contributed by atoms with Gasteiger partial charge in [0.25, 0.3) is 0 Å². The number of hydrogen-bond donors (Lipinski definition) is 1. The van der Waals surface area contributed by atoms with Crippen molar-refractivity contribution >= 4 is 6.09 Å². The average molecular weight is 420 g/mol. The molecule has 1 saturated heterocycles. The molecule has 1 aliphatic heterocycles. The lowest BCUT2D eigenvalue weighted by Gasteiger charge is -2.34. The van der Waals surface area contributed by atoms with Gasteiger partial charge >= 0.3 is 6.09 Å². The first-order valence-electron chi connectivity index (χ1n) is 10.6. The number of benzene rings is 1. The summed E-state index contributed by atoms with van der Waals surface area (Å²) in [4.78, 5) is 14.4. The number of allylic oxidation sites excluding steroid dienone is 1. The number of aliphatic hydroxyl groups excluding tert-OH is 1. The van der Waals surface area contributed by atoms with E-state index in [0.29, 0.717) is 13.2 Å². The largest absolute Gasteiger partial charge is 0.444 e. The predicted molar refractivity (Wildman–Crippen MR) is 117 cm³/mol. The predicted octanol–water partition coefficient (Wildman–Crippen LogP) is 4.34. The van der Waals surface area contributed by atoms with Crippen LogP contribution in [-0.4, -0.2) is 60.4 Å². The summed E-state index contributed by atoms with van der Waals surface area (Å²) in [7, 11) is 1.65. The van der Waals surface area contributed by atoms with Crippen LogP contribution in [-0.2, 0) is 14.2 Å². The van der Waals surface area contributed by atoms with Crippen LogP contribution in [0.1, 0.15) is 52.5 Å². The minimum Gasteiger partial charge on any atom is -0.444 e. The summed E-state index contributed by atoms with van der Waals surface area (Å²) >= 11 is 0. The first-order chi connectivity index (χ1) is 14.1. The highest BCUT2D eigenvalue weighted by molar-refractivity contribution is 5.70. The van der Waals surface area contributed by atoms with Crippen molar-refractivity contribution in [1.82, 2.24) is 4.90 Å². The van der Waals surface area contributed by atoms with Gasteiger partial charge in [-0.1, -0.05) is 42.5 Å². The molecule has 1 fully saturated rings. The van der Waals surface area contributed by atoms with Gasteiger partial charge in [-0.25, -0.2) is 4.79 Å². The number of hydrogen-bond acceptors (Lipinski definition) is 5. The zero-order valence-corrected chi connectivity index (χ0v) is 19.1. The second-order valence-corrected chi connectivity index (χ2v) is 9.25. The molecule has 1 N–H and O–H groups in total. The van der Waals surface area contributed by atoms with Crippen molar-refractivity contribution in [3.05, 3.63) is 48.0 Å². The maximum absolute atomic E-state index is 12.8. The standard InChI is InChI=1S/C24H37NO5/c1-23(2,3)30-22(27)25-20(17-29-24(25,4)5)13-10-14-21(19(15-26)16-28-6)18-11-8-7-9-12-18/h7-13,19-21,26H,14-17H2,1-6H3. The Morgan fingerprint density at radius 2 is 2.00 bits per heavy atom. The van der Waals surface area contributed by atoms with E-state index in [9.17, 15) is 9.90 Å². The first-order valence-corrected chi connectivity index (χ1v) is 10.6. The highest BCUT2D eigenvalue weighted by Gasteiger charge is 2.44. The number of carbonyl (C=O) groups is 1. The molecule has 168 valence electrons. The molecule has 0 spiro atoms. The molecule has 3 unspecified atom stereocenters. The molecule has 0 aromatic heterocycles. The van der Waals surface area contributed by atoms with E-state index in [1.807, 2.05) is 58.9 Å². The summed E-state index contributed by atoms with van der Waals surface area (Å²) in [6.45, 7) is 10.3. The molecule has 1 aromatic carbocycles. The van der Waals surface area contributed by atoms with Crippen LogP contribution in [0.15, 0.2) is 42.5 Å². The Morgan fingerprint density at radius 3 is 2.57 bits per heavy atom. The van der Waals surface area contributed by atoms with Crippen molar-refractivity contribution in [2.75, 3.05) is 26.9 Å². The minimum absolute atomic E-state index is 0.0136. The lowest BCUT2D eigenvalue weighted by Crippen LogP contribution is -2.49. The number of ether oxygens (including phenoxy) is 3. The summed E-state index contributed by atoms with van der Waals surface area (Å²) in [5.41, 5.74) is -0.151. The summed E-state index contributed by atoms with van der Waals surface area (Å²) in [5, 5.41) is 9.90. The third kappa shape index (κ3) is 6.56. The molecule has 0 saturated carbocycles. The zero-order valence-electron chi connectivity index (χ0n) is 19.1. The lowest BCUT2D eigenvalue weighted by atomic mass is 9.84. The first kappa shape index (κ1) is 24.4. The number of rotatable bonds is 8. The Kier molecular flexibility index (Phi) is 8.47. The van der Waals surface area contributed by atoms with Gasteiger partial charge in [0, 0.05) is 19.6 Å². The molecular formula is C24H37NO5. The van der Waals surface area contributed by atoms with Crippen molar-refractivity contribution in [3.8, 4) is 0 Å². The van der Waals surface area contributed by atoms with Crippen LogP contribution in [0.3, 0.4) is 0 Å². The maximum atomic E-state index is 12.8. The summed E-state index contributed by atoms with van der Waals surface area (Å²) in [5.74, 6) is 0.0954. The fourth-order valence-electron chi connectivity index (χ4n) is 3.83. The topological polar surface area (TPSA) is 68.2 Å². The number of methoxy groups -OCH3 is 1. The van der Waals surface area contributed by atoms with Gasteiger partial charge in [-0.05, 0) is 52.5 Å². The van der Waals surface area contributed by atoms with Gasteiger partial charge in [-0.3, -0.25) is 4.90 Å². The molecule has 1 aromatic rings. The fraction of sp³-hybridized carbons (Fsp3) is 0.625. The normalized spacial score (nSPS) is 21.0. The van der Waals surface area contributed by atoms with Gasteiger partial charge in [-0.15, -0.1) is 0 Å². The second kappa shape index (κ2) is 10.4. The third-order valence-corrected chi connectivity index (χ3v) is 5.27. The van der Waals surface area contributed by atoms with Gasteiger partial charge in [-0.2, -0.15) is 0 Å². The molecule has 6 heteroatoms. The number of aliphatic hydroxyl groups is 1. The molecule has 0 bridgehead atoms. The Bertz CT molecular complexity index is 695. The highest BCUT2D eigenvalue weighted by atomic mass is 16.6. The Labute approximate surface area is 180 Å². The van der Waals surface area contributed by atoms with Crippen LogP contribution in [0.2, 0.25) is 0 Å². The van der Waals surface area contributed by atoms with E-state index in [1.54, 1.807) is 12.0 Å². The molecule has 1 heterocycles. The number of nitrogens with zero attached hydrogens (tertiary/aromatic N) is 1. The van der Waals surface area contributed by atoms with Gasteiger partial charge in [0.2, 0.25) is 0 Å². The summed E-state index contributed by atoms with van der Waals surface area (Å²) in [6, 6.07) is 9.94. The van der Waals surface area contributed by atoms with E-state index in [2.05, 4.69) is 18.2 Å². The number of carbonyl (C=O) groups excluding carboxylic acids is 1. The average Bonchev–Trinajstić information content (AvgIpc) is 2.97. The summed E-state index contributed by atoms with van der Waals surface area (Å²) in [6.07, 6.45) is 4.42. The van der Waals surface area contributed by atoms with E-state index in [0.717, 1.165) is 12.0 Å². The van der Waals surface area contributed by atoms with Crippen molar-refractivity contribution in [2.45, 2.75) is 64.3 Å². The number of amides is 1. The van der Waals surface area contributed by atoms with Gasteiger partial charge in [0.15, 0.2) is 0 Å². The van der Waals surface area contributed by atoms with Crippen LogP contribution in [0.5, 0.6) is 0 Å². The SMILES string of the molecule is COCC(CO)C(CC=CC1COC(C)(C)N1C(=O)OC(C)(C)C)c1ccccc1. The highest BCUT2D eigenvalue weighted by Crippen LogP contribution is 2.32. The van der Waals surface area contributed by atoms with Crippen molar-refractivity contribution < 1.29 is 24.1 Å². The van der Waals surface area contributed by atoms with Crippen LogP contribution in [0, 0.1) is 5.92 Å². The molecule has 3 atom stereocenters. The molecule has 30 heavy (non-hydrogen) atoms. The molecule has 1 aliphatic rings. The van der Waals surface area contributed by atoms with Crippen molar-refractivity contribution in [3.63, 3.8) is 0 Å². The smallest absolute Gasteiger partial charge is 0.413 e. The van der Waals surface area contributed by atoms with E-state index in [-0.39, 0.29) is 30.6 Å². The van der Waals surface area contributed by atoms with E-state index in [1.165, 1.54) is 0 Å². The van der Waals surface area contributed by atoms with Crippen LogP contribution in [0.25, 0.3) is 0 Å². The molecule has 6 nitrogen and oxygen atoms in total. The quantitative estimate of drug-likeness (QED) is 0.635. The second-order valence-electron chi connectivity index (χ2n) is 9.25. The minimum atomic E-state index is -0.736. The maximum Gasteiger partial charge on any atom is 0.413 e. The third-order valence-electron chi connectivity index (χ3n) is 5.27. The van der Waals surface area contributed by atoms with Crippen molar-refractivity contribution in [1.29, 1.82) is 0 Å². The summed E-state index contributed by atoms with van der Waals surface area (Å²) < 4.78 is 16.8. The van der Waals surface area contributed by atoms with Gasteiger partial charge in [0.05, 0.1) is 19.3 Å². The molecular weight excluding hydrogens is 382 g/mol. The van der Waals surface area contributed by atoms with Gasteiger partial charge in [0.1, 0.15) is 11.3 Å². The van der Waals surface area contributed by atoms with Crippen LogP contribution >= 0.6 is 0 Å². The fourth-order valence-corrected chi connectivity index (χ4v) is 3.83. The van der Waals surface area contributed by atoms with E-state index in [4.69, 9.17) is 14.2 Å². The van der Waals surface area contributed by atoms with Gasteiger partial charge < -0.3 is 19.3 Å². The lowest BCUT2D eigenvalue weighted by molar-refractivity contribution is -0.0610. The van der Waals surface area contributed by atoms with E-state index >= 15 is 0 Å². The Hall–Kier alpha value is -1.89. The van der Waals surface area contributed by atoms with Crippen LogP contribution in [0.4, 0.5) is 4.79 Å². The molecule has 0 aliphatic carbocycles. The Balaban J connectivity index is 2.17. The monoisotopic (exact) mass is 419 g/mol. The van der Waals surface area contributed by atoms with E-state index < -0.39 is 11.3 Å².